The predicted octanol–water partition coefficient (Wildman–Crippen LogP) is -1.24. The number of amides is 1. The molecule has 2 rings (SSSR count). The van der Waals surface area contributed by atoms with Crippen LogP contribution in [0.2, 0.25) is 0 Å². The lowest BCUT2D eigenvalue weighted by Gasteiger charge is -2.21. The van der Waals surface area contributed by atoms with Crippen LogP contribution in [-0.4, -0.2) is 50.1 Å². The summed E-state index contributed by atoms with van der Waals surface area (Å²) < 4.78 is 0. The van der Waals surface area contributed by atoms with Gasteiger partial charge in [0.2, 0.25) is 0 Å². The van der Waals surface area contributed by atoms with Gasteiger partial charge in [-0.15, -0.1) is 10.2 Å². The van der Waals surface area contributed by atoms with E-state index >= 15 is 0 Å². The zero-order valence-corrected chi connectivity index (χ0v) is 7.84. The molecule has 3 N–H and O–H groups in total. The molecule has 1 amide bonds. The highest BCUT2D eigenvalue weighted by molar-refractivity contribution is 5.90. The second-order valence-corrected chi connectivity index (χ2v) is 3.43. The number of nitrogens with one attached hydrogen (secondary N) is 1. The largest absolute Gasteiger partial charge is 0.331 e. The molecule has 0 aliphatic carbocycles. The van der Waals surface area contributed by atoms with Crippen LogP contribution in [0.4, 0.5) is 0 Å². The van der Waals surface area contributed by atoms with Crippen LogP contribution in [0.1, 0.15) is 24.0 Å². The molecule has 0 spiro atoms. The average Bonchev–Trinajstić information content (AvgIpc) is 2.77. The molecule has 0 aromatic carbocycles. The summed E-state index contributed by atoms with van der Waals surface area (Å²) in [6.07, 6.45) is 0.824. The SMILES string of the molecule is CC1C(N)CCN1C(=O)c1nn[nH]n1. The highest BCUT2D eigenvalue weighted by atomic mass is 16.2. The number of carbonyl (C=O) groups is 1. The maximum Gasteiger partial charge on any atom is 0.295 e. The number of tetrazole rings is 1. The summed E-state index contributed by atoms with van der Waals surface area (Å²) in [5.41, 5.74) is 5.80. The summed E-state index contributed by atoms with van der Waals surface area (Å²) in [5.74, 6) is -0.106. The molecule has 1 saturated heterocycles. The van der Waals surface area contributed by atoms with E-state index in [1.54, 1.807) is 4.90 Å². The molecule has 1 aromatic rings. The van der Waals surface area contributed by atoms with Crippen molar-refractivity contribution >= 4 is 5.91 Å². The molecule has 0 bridgehead atoms. The van der Waals surface area contributed by atoms with E-state index in [-0.39, 0.29) is 23.8 Å². The molecular weight excluding hydrogens is 184 g/mol. The molecule has 14 heavy (non-hydrogen) atoms. The smallest absolute Gasteiger partial charge is 0.295 e. The summed E-state index contributed by atoms with van der Waals surface area (Å²) in [4.78, 5) is 13.4. The number of hydrogen-bond donors (Lipinski definition) is 2. The van der Waals surface area contributed by atoms with Crippen LogP contribution < -0.4 is 5.73 Å². The Morgan fingerprint density at radius 2 is 2.50 bits per heavy atom. The van der Waals surface area contributed by atoms with Crippen LogP contribution in [-0.2, 0) is 0 Å². The summed E-state index contributed by atoms with van der Waals surface area (Å²) >= 11 is 0. The lowest BCUT2D eigenvalue weighted by molar-refractivity contribution is 0.0730. The third-order valence-corrected chi connectivity index (χ3v) is 2.61. The quantitative estimate of drug-likeness (QED) is 0.585. The number of rotatable bonds is 1. The first-order valence-electron chi connectivity index (χ1n) is 4.50. The zero-order chi connectivity index (χ0) is 10.1. The number of carbonyl (C=O) groups excluding carboxylic acids is 1. The molecule has 1 aromatic heterocycles. The van der Waals surface area contributed by atoms with Crippen molar-refractivity contribution in [2.45, 2.75) is 25.4 Å². The minimum atomic E-state index is -0.209. The molecule has 7 nitrogen and oxygen atoms in total. The number of likely N-dealkylation sites (tertiary alicyclic amines) is 1. The van der Waals surface area contributed by atoms with E-state index in [0.717, 1.165) is 6.42 Å². The fourth-order valence-corrected chi connectivity index (χ4v) is 1.63. The third kappa shape index (κ3) is 1.35. The summed E-state index contributed by atoms with van der Waals surface area (Å²) in [5, 5.41) is 12.9. The average molecular weight is 196 g/mol. The number of hydrogen-bond acceptors (Lipinski definition) is 5. The molecule has 0 radical (unpaired) electrons. The lowest BCUT2D eigenvalue weighted by Crippen LogP contribution is -2.40. The van der Waals surface area contributed by atoms with Gasteiger partial charge in [0.15, 0.2) is 0 Å². The Morgan fingerprint density at radius 1 is 1.71 bits per heavy atom. The number of aromatic amines is 1. The molecule has 2 atom stereocenters. The van der Waals surface area contributed by atoms with Crippen LogP contribution in [0.25, 0.3) is 0 Å². The van der Waals surface area contributed by atoms with Gasteiger partial charge in [-0.25, -0.2) is 0 Å². The van der Waals surface area contributed by atoms with Crippen LogP contribution in [0, 0.1) is 0 Å². The van der Waals surface area contributed by atoms with Gasteiger partial charge in [-0.3, -0.25) is 4.79 Å². The van der Waals surface area contributed by atoms with E-state index in [0.29, 0.717) is 6.54 Å². The number of aromatic nitrogens is 4. The second-order valence-electron chi connectivity index (χ2n) is 3.43. The van der Waals surface area contributed by atoms with Gasteiger partial charge in [0.05, 0.1) is 0 Å². The van der Waals surface area contributed by atoms with Crippen LogP contribution in [0.5, 0.6) is 0 Å². The van der Waals surface area contributed by atoms with Crippen molar-refractivity contribution in [3.63, 3.8) is 0 Å². The highest BCUT2D eigenvalue weighted by Gasteiger charge is 2.33. The van der Waals surface area contributed by atoms with Gasteiger partial charge in [-0.2, -0.15) is 5.21 Å². The van der Waals surface area contributed by atoms with Crippen molar-refractivity contribution in [1.82, 2.24) is 25.5 Å². The van der Waals surface area contributed by atoms with Gasteiger partial charge in [0, 0.05) is 18.6 Å². The molecule has 2 heterocycles. The predicted molar refractivity (Wildman–Crippen MR) is 47.3 cm³/mol. The molecule has 1 aliphatic rings. The minimum Gasteiger partial charge on any atom is -0.331 e. The molecule has 1 aliphatic heterocycles. The topological polar surface area (TPSA) is 101 Å². The van der Waals surface area contributed by atoms with Crippen molar-refractivity contribution in [3.8, 4) is 0 Å². The summed E-state index contributed by atoms with van der Waals surface area (Å²) in [6.45, 7) is 2.59. The second kappa shape index (κ2) is 3.33. The van der Waals surface area contributed by atoms with E-state index in [1.165, 1.54) is 0 Å². The van der Waals surface area contributed by atoms with Crippen molar-refractivity contribution in [3.05, 3.63) is 5.82 Å². The maximum atomic E-state index is 11.7. The lowest BCUT2D eigenvalue weighted by atomic mass is 10.2. The number of H-pyrrole nitrogens is 1. The molecule has 1 fully saturated rings. The Balaban J connectivity index is 2.13. The minimum absolute atomic E-state index is 0.0426. The molecule has 2 unspecified atom stereocenters. The standard InChI is InChI=1S/C7H12N6O/c1-4-5(8)2-3-13(4)7(14)6-9-11-12-10-6/h4-5H,2-3,8H2,1H3,(H,9,10,11,12). The van der Waals surface area contributed by atoms with E-state index < -0.39 is 0 Å². The Labute approximate surface area is 80.6 Å². The van der Waals surface area contributed by atoms with Crippen molar-refractivity contribution in [2.75, 3.05) is 6.54 Å². The van der Waals surface area contributed by atoms with Crippen LogP contribution in [0.15, 0.2) is 0 Å². The van der Waals surface area contributed by atoms with Gasteiger partial charge >= 0.3 is 0 Å². The zero-order valence-electron chi connectivity index (χ0n) is 7.84. The third-order valence-electron chi connectivity index (χ3n) is 2.61. The van der Waals surface area contributed by atoms with Gasteiger partial charge in [0.1, 0.15) is 0 Å². The van der Waals surface area contributed by atoms with Crippen molar-refractivity contribution in [2.24, 2.45) is 5.73 Å². The first-order valence-corrected chi connectivity index (χ1v) is 4.50. The Hall–Kier alpha value is -1.50. The summed E-state index contributed by atoms with van der Waals surface area (Å²) in [7, 11) is 0. The first-order chi connectivity index (χ1) is 6.70. The Morgan fingerprint density at radius 3 is 3.00 bits per heavy atom. The number of nitrogens with two attached hydrogens (primary N) is 1. The van der Waals surface area contributed by atoms with Crippen LogP contribution in [0.3, 0.4) is 0 Å². The first kappa shape index (κ1) is 9.07. The van der Waals surface area contributed by atoms with Crippen molar-refractivity contribution < 1.29 is 4.79 Å². The van der Waals surface area contributed by atoms with E-state index in [9.17, 15) is 4.79 Å². The normalized spacial score (nSPS) is 26.9. The molecule has 7 heteroatoms. The van der Waals surface area contributed by atoms with Crippen molar-refractivity contribution in [1.29, 1.82) is 0 Å². The van der Waals surface area contributed by atoms with Crippen LogP contribution >= 0.6 is 0 Å². The summed E-state index contributed by atoms with van der Waals surface area (Å²) in [6, 6.07) is 0.0897. The van der Waals surface area contributed by atoms with E-state index in [2.05, 4.69) is 20.6 Å². The number of nitrogens with zero attached hydrogens (tertiary/aromatic N) is 4. The van der Waals surface area contributed by atoms with E-state index in [1.807, 2.05) is 6.92 Å². The van der Waals surface area contributed by atoms with Gasteiger partial charge in [0.25, 0.3) is 11.7 Å². The molecule has 76 valence electrons. The molecular formula is C7H12N6O. The highest BCUT2D eigenvalue weighted by Crippen LogP contribution is 2.17. The fraction of sp³-hybridized carbons (Fsp3) is 0.714. The van der Waals surface area contributed by atoms with Gasteiger partial charge in [-0.1, -0.05) is 0 Å². The fourth-order valence-electron chi connectivity index (χ4n) is 1.63. The Bertz CT molecular complexity index is 323. The van der Waals surface area contributed by atoms with Gasteiger partial charge < -0.3 is 10.6 Å². The van der Waals surface area contributed by atoms with Gasteiger partial charge in [-0.05, 0) is 18.6 Å². The van der Waals surface area contributed by atoms with E-state index in [4.69, 9.17) is 5.73 Å². The maximum absolute atomic E-state index is 11.7. The Kier molecular flexibility index (Phi) is 2.16. The molecule has 0 saturated carbocycles. The monoisotopic (exact) mass is 196 g/mol.